The van der Waals surface area contributed by atoms with Crippen molar-refractivity contribution in [2.45, 2.75) is 39.0 Å². The Balaban J connectivity index is 1.41. The van der Waals surface area contributed by atoms with E-state index in [0.717, 1.165) is 21.7 Å². The van der Waals surface area contributed by atoms with Gasteiger partial charge in [0.2, 0.25) is 5.91 Å². The first-order valence-electron chi connectivity index (χ1n) is 10.9. The fraction of sp³-hybridized carbons (Fsp3) is 0.320. The molecule has 0 radical (unpaired) electrons. The van der Waals surface area contributed by atoms with Crippen LogP contribution in [0.4, 0.5) is 0 Å². The molecule has 0 unspecified atom stereocenters. The third kappa shape index (κ3) is 5.23. The summed E-state index contributed by atoms with van der Waals surface area (Å²) in [5.74, 6) is 0.0295. The van der Waals surface area contributed by atoms with Crippen LogP contribution in [0, 0.1) is 6.92 Å². The van der Waals surface area contributed by atoms with E-state index in [4.69, 9.17) is 4.74 Å². The van der Waals surface area contributed by atoms with Crippen molar-refractivity contribution in [3.8, 4) is 16.2 Å². The molecule has 1 aromatic heterocycles. The molecule has 2 aromatic carbocycles. The molecule has 2 atom stereocenters. The van der Waals surface area contributed by atoms with Gasteiger partial charge in [0.05, 0.1) is 28.8 Å². The molecule has 0 bridgehead atoms. The Labute approximate surface area is 197 Å². The van der Waals surface area contributed by atoms with Crippen LogP contribution in [-0.4, -0.2) is 52.1 Å². The fourth-order valence-corrected chi connectivity index (χ4v) is 4.81. The van der Waals surface area contributed by atoms with Gasteiger partial charge >= 0.3 is 0 Å². The van der Waals surface area contributed by atoms with Gasteiger partial charge in [-0.1, -0.05) is 30.3 Å². The summed E-state index contributed by atoms with van der Waals surface area (Å²) in [6.45, 7) is 4.82. The van der Waals surface area contributed by atoms with Crippen LogP contribution in [0.1, 0.15) is 35.0 Å². The number of aliphatic hydroxyl groups excluding tert-OH is 1. The number of likely N-dealkylation sites (tertiary alicyclic amines) is 1. The quantitative estimate of drug-likeness (QED) is 0.558. The van der Waals surface area contributed by atoms with Gasteiger partial charge in [0, 0.05) is 25.1 Å². The van der Waals surface area contributed by atoms with Crippen molar-refractivity contribution in [2.24, 2.45) is 0 Å². The number of nitrogens with one attached hydrogen (secondary N) is 1. The van der Waals surface area contributed by atoms with Crippen molar-refractivity contribution in [3.05, 3.63) is 70.9 Å². The summed E-state index contributed by atoms with van der Waals surface area (Å²) in [5, 5.41) is 13.1. The van der Waals surface area contributed by atoms with Crippen LogP contribution in [0.25, 0.3) is 10.4 Å². The van der Waals surface area contributed by atoms with Gasteiger partial charge in [-0.2, -0.15) is 0 Å². The molecule has 7 nitrogen and oxygen atoms in total. The number of hydrogen-bond donors (Lipinski definition) is 2. The summed E-state index contributed by atoms with van der Waals surface area (Å²) in [6.07, 6.45) is -0.520. The molecule has 33 heavy (non-hydrogen) atoms. The second-order valence-corrected chi connectivity index (χ2v) is 8.86. The first-order valence-corrected chi connectivity index (χ1v) is 11.8. The smallest absolute Gasteiger partial charge is 0.254 e. The minimum absolute atomic E-state index is 0.124. The molecule has 3 aromatic rings. The third-order valence-electron chi connectivity index (χ3n) is 5.66. The minimum Gasteiger partial charge on any atom is -0.494 e. The van der Waals surface area contributed by atoms with Gasteiger partial charge in [0.15, 0.2) is 0 Å². The van der Waals surface area contributed by atoms with Gasteiger partial charge in [-0.3, -0.25) is 9.59 Å². The standard InChI is InChI=1S/C25H27N3O4S/c1-3-32-21-6-4-5-19(11-21)25(31)28-14-20(29)12-22(28)24(30)26-13-17-7-9-18(10-8-17)23-16(2)27-15-33-23/h4-11,15,20,22,29H,3,12-14H2,1-2H3,(H,26,30)/t20-,22+/m1/s1. The van der Waals surface area contributed by atoms with Gasteiger partial charge in [0.1, 0.15) is 11.8 Å². The number of thiazole rings is 1. The summed E-state index contributed by atoms with van der Waals surface area (Å²) in [5.41, 5.74) is 5.30. The molecular weight excluding hydrogens is 438 g/mol. The molecule has 0 saturated carbocycles. The van der Waals surface area contributed by atoms with Crippen molar-refractivity contribution >= 4 is 23.2 Å². The van der Waals surface area contributed by atoms with Crippen molar-refractivity contribution in [2.75, 3.05) is 13.2 Å². The summed E-state index contributed by atoms with van der Waals surface area (Å²) < 4.78 is 5.48. The molecule has 172 valence electrons. The molecule has 4 rings (SSSR count). The van der Waals surface area contributed by atoms with E-state index >= 15 is 0 Å². The van der Waals surface area contributed by atoms with Crippen molar-refractivity contribution in [1.82, 2.24) is 15.2 Å². The molecule has 0 aliphatic carbocycles. The number of carbonyl (C=O) groups is 2. The molecule has 1 fully saturated rings. The lowest BCUT2D eigenvalue weighted by Gasteiger charge is -2.24. The molecule has 1 aliphatic heterocycles. The largest absolute Gasteiger partial charge is 0.494 e. The first kappa shape index (κ1) is 22.9. The zero-order valence-corrected chi connectivity index (χ0v) is 19.5. The Morgan fingerprint density at radius 3 is 2.73 bits per heavy atom. The number of β-amino-alcohol motifs (C(OH)–C–C–N with tert-alkyl or cyclic N) is 1. The Bertz CT molecular complexity index is 1130. The molecule has 0 spiro atoms. The third-order valence-corrected chi connectivity index (χ3v) is 6.64. The SMILES string of the molecule is CCOc1cccc(C(=O)N2C[C@H](O)C[C@H]2C(=O)NCc2ccc(-c3scnc3C)cc2)c1. The molecule has 8 heteroatoms. The van der Waals surface area contributed by atoms with Gasteiger partial charge < -0.3 is 20.1 Å². The molecule has 2 heterocycles. The Hall–Kier alpha value is -3.23. The average molecular weight is 466 g/mol. The van der Waals surface area contributed by atoms with Gasteiger partial charge in [-0.05, 0) is 43.2 Å². The predicted octanol–water partition coefficient (Wildman–Crippen LogP) is 3.41. The van der Waals surface area contributed by atoms with E-state index < -0.39 is 12.1 Å². The maximum Gasteiger partial charge on any atom is 0.254 e. The number of carbonyl (C=O) groups excluding carboxylic acids is 2. The van der Waals surface area contributed by atoms with Crippen LogP contribution in [0.3, 0.4) is 0 Å². The number of amides is 2. The summed E-state index contributed by atoms with van der Waals surface area (Å²) in [7, 11) is 0. The highest BCUT2D eigenvalue weighted by molar-refractivity contribution is 7.13. The van der Waals surface area contributed by atoms with E-state index in [1.54, 1.807) is 35.6 Å². The maximum absolute atomic E-state index is 13.1. The van der Waals surface area contributed by atoms with E-state index in [-0.39, 0.29) is 24.8 Å². The monoisotopic (exact) mass is 465 g/mol. The van der Waals surface area contributed by atoms with E-state index in [0.29, 0.717) is 24.5 Å². The Morgan fingerprint density at radius 2 is 2.03 bits per heavy atom. The number of aromatic nitrogens is 1. The van der Waals surface area contributed by atoms with Crippen LogP contribution >= 0.6 is 11.3 Å². The topological polar surface area (TPSA) is 91.8 Å². The van der Waals surface area contributed by atoms with Crippen molar-refractivity contribution < 1.29 is 19.4 Å². The number of aliphatic hydroxyl groups is 1. The van der Waals surface area contributed by atoms with Crippen LogP contribution in [0.5, 0.6) is 5.75 Å². The van der Waals surface area contributed by atoms with Crippen LogP contribution in [-0.2, 0) is 11.3 Å². The second-order valence-electron chi connectivity index (χ2n) is 8.01. The lowest BCUT2D eigenvalue weighted by molar-refractivity contribution is -0.125. The van der Waals surface area contributed by atoms with Crippen LogP contribution < -0.4 is 10.1 Å². The first-order chi connectivity index (χ1) is 16.0. The number of nitrogens with zero attached hydrogens (tertiary/aromatic N) is 2. The predicted molar refractivity (Wildman–Crippen MR) is 127 cm³/mol. The lowest BCUT2D eigenvalue weighted by Crippen LogP contribution is -2.45. The zero-order chi connectivity index (χ0) is 23.4. The number of hydrogen-bond acceptors (Lipinski definition) is 6. The van der Waals surface area contributed by atoms with E-state index in [1.807, 2.05) is 43.6 Å². The van der Waals surface area contributed by atoms with Gasteiger partial charge in [-0.25, -0.2) is 4.98 Å². The highest BCUT2D eigenvalue weighted by atomic mass is 32.1. The average Bonchev–Trinajstić information content (AvgIpc) is 3.43. The van der Waals surface area contributed by atoms with E-state index in [1.165, 1.54) is 4.90 Å². The highest BCUT2D eigenvalue weighted by Gasteiger charge is 2.39. The number of rotatable bonds is 7. The highest BCUT2D eigenvalue weighted by Crippen LogP contribution is 2.27. The van der Waals surface area contributed by atoms with E-state index in [2.05, 4.69) is 10.3 Å². The zero-order valence-electron chi connectivity index (χ0n) is 18.7. The van der Waals surface area contributed by atoms with Crippen molar-refractivity contribution in [3.63, 3.8) is 0 Å². The van der Waals surface area contributed by atoms with Gasteiger partial charge in [0.25, 0.3) is 5.91 Å². The molecule has 2 amide bonds. The van der Waals surface area contributed by atoms with Crippen molar-refractivity contribution in [1.29, 1.82) is 0 Å². The number of aryl methyl sites for hydroxylation is 1. The molecule has 1 aliphatic rings. The van der Waals surface area contributed by atoms with Gasteiger partial charge in [-0.15, -0.1) is 11.3 Å². The fourth-order valence-electron chi connectivity index (χ4n) is 4.00. The number of ether oxygens (including phenoxy) is 1. The Morgan fingerprint density at radius 1 is 1.24 bits per heavy atom. The summed E-state index contributed by atoms with van der Waals surface area (Å²) in [6, 6.07) is 14.1. The normalized spacial score (nSPS) is 17.7. The Kier molecular flexibility index (Phi) is 7.05. The number of benzene rings is 2. The molecule has 1 saturated heterocycles. The van der Waals surface area contributed by atoms with E-state index in [9.17, 15) is 14.7 Å². The van der Waals surface area contributed by atoms with Crippen LogP contribution in [0.2, 0.25) is 0 Å². The lowest BCUT2D eigenvalue weighted by atomic mass is 10.1. The summed E-state index contributed by atoms with van der Waals surface area (Å²) in [4.78, 5) is 32.9. The second kappa shape index (κ2) is 10.1. The molecular formula is C25H27N3O4S. The molecule has 2 N–H and O–H groups in total. The maximum atomic E-state index is 13.1. The minimum atomic E-state index is -0.735. The summed E-state index contributed by atoms with van der Waals surface area (Å²) >= 11 is 1.60. The van der Waals surface area contributed by atoms with Crippen LogP contribution in [0.15, 0.2) is 54.0 Å².